The first-order valence-corrected chi connectivity index (χ1v) is 5.25. The third-order valence-electron chi connectivity index (χ3n) is 2.96. The molecule has 0 aromatic rings. The van der Waals surface area contributed by atoms with E-state index >= 15 is 0 Å². The molecule has 1 amide bonds. The van der Waals surface area contributed by atoms with Crippen molar-refractivity contribution < 1.29 is 4.79 Å². The highest BCUT2D eigenvalue weighted by atomic mass is 16.2. The fourth-order valence-corrected chi connectivity index (χ4v) is 1.87. The topological polar surface area (TPSA) is 32.3 Å². The van der Waals surface area contributed by atoms with E-state index < -0.39 is 0 Å². The molecule has 2 fully saturated rings. The van der Waals surface area contributed by atoms with Crippen LogP contribution in [-0.2, 0) is 4.79 Å². The van der Waals surface area contributed by atoms with Gasteiger partial charge < -0.3 is 10.2 Å². The van der Waals surface area contributed by atoms with Gasteiger partial charge in [-0.3, -0.25) is 4.79 Å². The number of hydrogen-bond donors (Lipinski definition) is 1. The van der Waals surface area contributed by atoms with Crippen molar-refractivity contribution in [1.29, 1.82) is 0 Å². The van der Waals surface area contributed by atoms with Gasteiger partial charge in [0.2, 0.25) is 5.91 Å². The summed E-state index contributed by atoms with van der Waals surface area (Å²) in [4.78, 5) is 13.6. The molecule has 0 aromatic carbocycles. The number of carbonyl (C=O) groups is 1. The van der Waals surface area contributed by atoms with E-state index in [-0.39, 0.29) is 18.0 Å². The van der Waals surface area contributed by atoms with Gasteiger partial charge in [0.15, 0.2) is 0 Å². The van der Waals surface area contributed by atoms with Crippen molar-refractivity contribution in [3.63, 3.8) is 0 Å². The largest absolute Gasteiger partial charge is 0.328 e. The third kappa shape index (κ3) is 1.76. The van der Waals surface area contributed by atoms with Gasteiger partial charge in [-0.1, -0.05) is 5.92 Å². The van der Waals surface area contributed by atoms with Crippen LogP contribution in [0.3, 0.4) is 0 Å². The first-order chi connectivity index (χ1) is 6.72. The van der Waals surface area contributed by atoms with Crippen molar-refractivity contribution in [2.75, 3.05) is 6.54 Å². The summed E-state index contributed by atoms with van der Waals surface area (Å²) in [5.74, 6) is 2.79. The van der Waals surface area contributed by atoms with Gasteiger partial charge in [-0.05, 0) is 26.2 Å². The summed E-state index contributed by atoms with van der Waals surface area (Å²) < 4.78 is 0. The molecule has 3 nitrogen and oxygen atoms in total. The predicted molar refractivity (Wildman–Crippen MR) is 54.6 cm³/mol. The van der Waals surface area contributed by atoms with Gasteiger partial charge in [0.1, 0.15) is 0 Å². The molecule has 0 bridgehead atoms. The van der Waals surface area contributed by atoms with Crippen LogP contribution in [0.25, 0.3) is 0 Å². The molecule has 1 saturated carbocycles. The van der Waals surface area contributed by atoms with Crippen LogP contribution in [0.5, 0.6) is 0 Å². The second-order valence-corrected chi connectivity index (χ2v) is 4.16. The van der Waals surface area contributed by atoms with E-state index in [0.717, 1.165) is 13.0 Å². The molecule has 0 radical (unpaired) electrons. The Bertz CT molecular complexity index is 278. The van der Waals surface area contributed by atoms with Crippen LogP contribution in [0, 0.1) is 12.3 Å². The molecular weight excluding hydrogens is 176 g/mol. The minimum atomic E-state index is -0.0616. The highest BCUT2D eigenvalue weighted by Crippen LogP contribution is 2.23. The molecule has 0 aromatic heterocycles. The highest BCUT2D eigenvalue weighted by Gasteiger charge is 2.36. The SMILES string of the molecule is C#CC(C)N1CCC(NC2CC2)C1=O. The Hall–Kier alpha value is -1.01. The quantitative estimate of drug-likeness (QED) is 0.655. The summed E-state index contributed by atoms with van der Waals surface area (Å²) in [6.45, 7) is 2.70. The molecule has 1 aliphatic heterocycles. The molecule has 3 heteroatoms. The number of amides is 1. The lowest BCUT2D eigenvalue weighted by Gasteiger charge is -2.20. The van der Waals surface area contributed by atoms with Gasteiger partial charge in [-0.15, -0.1) is 6.42 Å². The molecule has 76 valence electrons. The molecular formula is C11H16N2O. The van der Waals surface area contributed by atoms with Gasteiger partial charge in [-0.25, -0.2) is 0 Å². The molecule has 1 saturated heterocycles. The van der Waals surface area contributed by atoms with E-state index in [1.807, 2.05) is 6.92 Å². The van der Waals surface area contributed by atoms with Gasteiger partial charge in [0.25, 0.3) is 0 Å². The maximum Gasteiger partial charge on any atom is 0.240 e. The first-order valence-electron chi connectivity index (χ1n) is 5.25. The van der Waals surface area contributed by atoms with Crippen LogP contribution >= 0.6 is 0 Å². The van der Waals surface area contributed by atoms with Crippen LogP contribution in [0.1, 0.15) is 26.2 Å². The van der Waals surface area contributed by atoms with E-state index in [2.05, 4.69) is 11.2 Å². The molecule has 1 aliphatic carbocycles. The van der Waals surface area contributed by atoms with Gasteiger partial charge in [0.05, 0.1) is 12.1 Å². The van der Waals surface area contributed by atoms with Crippen LogP contribution in [0.15, 0.2) is 0 Å². The Kier molecular flexibility index (Phi) is 2.47. The van der Waals surface area contributed by atoms with Gasteiger partial charge >= 0.3 is 0 Å². The lowest BCUT2D eigenvalue weighted by atomic mass is 10.2. The highest BCUT2D eigenvalue weighted by molar-refractivity contribution is 5.84. The molecule has 14 heavy (non-hydrogen) atoms. The Labute approximate surface area is 84.8 Å². The zero-order chi connectivity index (χ0) is 10.1. The zero-order valence-electron chi connectivity index (χ0n) is 8.49. The molecule has 1 heterocycles. The average Bonchev–Trinajstić information content (AvgIpc) is 2.92. The lowest BCUT2D eigenvalue weighted by molar-refractivity contribution is -0.130. The zero-order valence-corrected chi connectivity index (χ0v) is 8.49. The van der Waals surface area contributed by atoms with Crippen LogP contribution in [0.4, 0.5) is 0 Å². The number of hydrogen-bond acceptors (Lipinski definition) is 2. The van der Waals surface area contributed by atoms with Gasteiger partial charge in [-0.2, -0.15) is 0 Å². The first kappa shape index (κ1) is 9.54. The Morgan fingerprint density at radius 3 is 2.86 bits per heavy atom. The second kappa shape index (κ2) is 3.62. The van der Waals surface area contributed by atoms with Crippen molar-refractivity contribution in [2.45, 2.75) is 44.3 Å². The van der Waals surface area contributed by atoms with Gasteiger partial charge in [0, 0.05) is 12.6 Å². The second-order valence-electron chi connectivity index (χ2n) is 4.16. The fraction of sp³-hybridized carbons (Fsp3) is 0.727. The Morgan fingerprint density at radius 2 is 2.29 bits per heavy atom. The number of nitrogens with zero attached hydrogens (tertiary/aromatic N) is 1. The summed E-state index contributed by atoms with van der Waals surface area (Å²) in [6.07, 6.45) is 8.65. The lowest BCUT2D eigenvalue weighted by Crippen LogP contribution is -2.42. The maximum atomic E-state index is 11.8. The number of rotatable bonds is 3. The number of nitrogens with one attached hydrogen (secondary N) is 1. The fourth-order valence-electron chi connectivity index (χ4n) is 1.87. The Balaban J connectivity index is 1.92. The van der Waals surface area contributed by atoms with Crippen LogP contribution < -0.4 is 5.32 Å². The summed E-state index contributed by atoms with van der Waals surface area (Å²) in [5.41, 5.74) is 0. The number of likely N-dealkylation sites (tertiary alicyclic amines) is 1. The van der Waals surface area contributed by atoms with Crippen molar-refractivity contribution >= 4 is 5.91 Å². The Morgan fingerprint density at radius 1 is 1.57 bits per heavy atom. The van der Waals surface area contributed by atoms with Crippen molar-refractivity contribution in [3.8, 4) is 12.3 Å². The van der Waals surface area contributed by atoms with Crippen molar-refractivity contribution in [3.05, 3.63) is 0 Å². The van der Waals surface area contributed by atoms with E-state index in [1.165, 1.54) is 12.8 Å². The van der Waals surface area contributed by atoms with E-state index in [1.54, 1.807) is 4.90 Å². The van der Waals surface area contributed by atoms with E-state index in [0.29, 0.717) is 6.04 Å². The molecule has 2 aliphatic rings. The molecule has 2 atom stereocenters. The van der Waals surface area contributed by atoms with Crippen molar-refractivity contribution in [2.24, 2.45) is 0 Å². The monoisotopic (exact) mass is 192 g/mol. The minimum Gasteiger partial charge on any atom is -0.328 e. The molecule has 2 rings (SSSR count). The summed E-state index contributed by atoms with van der Waals surface area (Å²) >= 11 is 0. The maximum absolute atomic E-state index is 11.8. The van der Waals surface area contributed by atoms with Crippen LogP contribution in [0.2, 0.25) is 0 Å². The third-order valence-corrected chi connectivity index (χ3v) is 2.96. The molecule has 0 spiro atoms. The summed E-state index contributed by atoms with van der Waals surface area (Å²) in [7, 11) is 0. The smallest absolute Gasteiger partial charge is 0.240 e. The summed E-state index contributed by atoms with van der Waals surface area (Å²) in [5, 5.41) is 3.35. The van der Waals surface area contributed by atoms with E-state index in [4.69, 9.17) is 6.42 Å². The molecule has 2 unspecified atom stereocenters. The standard InChI is InChI=1S/C11H16N2O/c1-3-8(2)13-7-6-10(11(13)14)12-9-4-5-9/h1,8-10,12H,4-7H2,2H3. The molecule has 1 N–H and O–H groups in total. The average molecular weight is 192 g/mol. The van der Waals surface area contributed by atoms with Crippen LogP contribution in [-0.4, -0.2) is 35.5 Å². The van der Waals surface area contributed by atoms with E-state index in [9.17, 15) is 4.79 Å². The normalized spacial score (nSPS) is 29.0. The number of carbonyl (C=O) groups excluding carboxylic acids is 1. The van der Waals surface area contributed by atoms with Crippen molar-refractivity contribution in [1.82, 2.24) is 10.2 Å². The summed E-state index contributed by atoms with van der Waals surface area (Å²) in [6, 6.07) is 0.553. The predicted octanol–water partition coefficient (Wildman–Crippen LogP) is 0.361. The number of terminal acetylenes is 1. The minimum absolute atomic E-state index is 0.0262.